The second-order valence-corrected chi connectivity index (χ2v) is 6.37. The monoisotopic (exact) mass is 196 g/mol. The molecule has 2 nitrogen and oxygen atoms in total. The van der Waals surface area contributed by atoms with Crippen molar-refractivity contribution in [3.8, 4) is 0 Å². The van der Waals surface area contributed by atoms with Crippen LogP contribution in [0.1, 0.15) is 53.4 Å². The lowest BCUT2D eigenvalue weighted by Gasteiger charge is -2.55. The van der Waals surface area contributed by atoms with Gasteiger partial charge in [0.2, 0.25) is 0 Å². The minimum absolute atomic E-state index is 0.0670. The van der Waals surface area contributed by atoms with Gasteiger partial charge in [-0.05, 0) is 46.0 Å². The normalized spacial score (nSPS) is 32.7. The van der Waals surface area contributed by atoms with Crippen LogP contribution in [0.15, 0.2) is 0 Å². The SMILES string of the molecule is CC1(C)CC2(CC(=O)C2)CC(C)(C)O1. The fourth-order valence-corrected chi connectivity index (χ4v) is 3.72. The molecule has 2 heteroatoms. The van der Waals surface area contributed by atoms with Crippen LogP contribution in [0.4, 0.5) is 0 Å². The molecule has 1 saturated carbocycles. The van der Waals surface area contributed by atoms with Crippen molar-refractivity contribution in [2.45, 2.75) is 64.6 Å². The van der Waals surface area contributed by atoms with Crippen molar-refractivity contribution in [3.05, 3.63) is 0 Å². The molecule has 0 aromatic heterocycles. The van der Waals surface area contributed by atoms with E-state index < -0.39 is 0 Å². The first kappa shape index (κ1) is 10.2. The van der Waals surface area contributed by atoms with Gasteiger partial charge >= 0.3 is 0 Å². The van der Waals surface area contributed by atoms with Crippen molar-refractivity contribution in [2.24, 2.45) is 5.41 Å². The highest BCUT2D eigenvalue weighted by Crippen LogP contribution is 2.55. The Hall–Kier alpha value is -0.370. The fourth-order valence-electron chi connectivity index (χ4n) is 3.72. The van der Waals surface area contributed by atoms with Gasteiger partial charge in [0.15, 0.2) is 0 Å². The molecule has 0 aromatic rings. The zero-order chi connectivity index (χ0) is 10.6. The average Bonchev–Trinajstić information content (AvgIpc) is 1.74. The number of hydrogen-bond donors (Lipinski definition) is 0. The number of ether oxygens (including phenoxy) is 1. The summed E-state index contributed by atoms with van der Waals surface area (Å²) < 4.78 is 6.02. The predicted octanol–water partition coefficient (Wildman–Crippen LogP) is 2.70. The van der Waals surface area contributed by atoms with Gasteiger partial charge in [0.1, 0.15) is 5.78 Å². The van der Waals surface area contributed by atoms with Gasteiger partial charge in [-0.1, -0.05) is 0 Å². The molecule has 1 aliphatic carbocycles. The molecule has 0 atom stereocenters. The Morgan fingerprint density at radius 3 is 1.79 bits per heavy atom. The van der Waals surface area contributed by atoms with Gasteiger partial charge in [-0.25, -0.2) is 0 Å². The first-order valence-electron chi connectivity index (χ1n) is 5.44. The second-order valence-electron chi connectivity index (χ2n) is 6.37. The third-order valence-corrected chi connectivity index (χ3v) is 3.30. The largest absolute Gasteiger partial charge is 0.370 e. The highest BCUT2D eigenvalue weighted by atomic mass is 16.5. The van der Waals surface area contributed by atoms with E-state index in [1.165, 1.54) is 0 Å². The van der Waals surface area contributed by atoms with Gasteiger partial charge in [0.05, 0.1) is 11.2 Å². The van der Waals surface area contributed by atoms with Gasteiger partial charge in [-0.15, -0.1) is 0 Å². The molecular formula is C12H20O2. The maximum absolute atomic E-state index is 11.2. The topological polar surface area (TPSA) is 26.3 Å². The van der Waals surface area contributed by atoms with Gasteiger partial charge in [0.25, 0.3) is 0 Å². The molecule has 0 radical (unpaired) electrons. The minimum atomic E-state index is -0.0670. The Bertz CT molecular complexity index is 250. The summed E-state index contributed by atoms with van der Waals surface area (Å²) in [6.07, 6.45) is 3.64. The van der Waals surface area contributed by atoms with Crippen molar-refractivity contribution in [1.82, 2.24) is 0 Å². The van der Waals surface area contributed by atoms with E-state index in [0.29, 0.717) is 5.78 Å². The smallest absolute Gasteiger partial charge is 0.134 e. The molecule has 1 heterocycles. The van der Waals surface area contributed by atoms with Gasteiger partial charge < -0.3 is 4.74 Å². The van der Waals surface area contributed by atoms with E-state index in [2.05, 4.69) is 27.7 Å². The second kappa shape index (κ2) is 2.60. The van der Waals surface area contributed by atoms with Crippen LogP contribution in [0.25, 0.3) is 0 Å². The van der Waals surface area contributed by atoms with Crippen LogP contribution in [0.5, 0.6) is 0 Å². The summed E-state index contributed by atoms with van der Waals surface area (Å²) >= 11 is 0. The Morgan fingerprint density at radius 2 is 1.43 bits per heavy atom. The minimum Gasteiger partial charge on any atom is -0.370 e. The highest BCUT2D eigenvalue weighted by Gasteiger charge is 2.54. The summed E-state index contributed by atoms with van der Waals surface area (Å²) in [5.74, 6) is 0.429. The molecule has 0 amide bonds. The van der Waals surface area contributed by atoms with E-state index in [0.717, 1.165) is 25.7 Å². The van der Waals surface area contributed by atoms with Crippen molar-refractivity contribution in [2.75, 3.05) is 0 Å². The number of carbonyl (C=O) groups excluding carboxylic acids is 1. The fraction of sp³-hybridized carbons (Fsp3) is 0.917. The number of ketones is 1. The van der Waals surface area contributed by atoms with Crippen LogP contribution in [-0.4, -0.2) is 17.0 Å². The first-order chi connectivity index (χ1) is 6.22. The molecule has 0 aromatic carbocycles. The van der Waals surface area contributed by atoms with E-state index in [1.54, 1.807) is 0 Å². The zero-order valence-electron chi connectivity index (χ0n) is 9.64. The lowest BCUT2D eigenvalue weighted by Crippen LogP contribution is -2.55. The lowest BCUT2D eigenvalue weighted by molar-refractivity contribution is -0.210. The molecular weight excluding hydrogens is 176 g/mol. The predicted molar refractivity (Wildman–Crippen MR) is 55.2 cm³/mol. The Kier molecular flexibility index (Phi) is 1.89. The first-order valence-corrected chi connectivity index (χ1v) is 5.44. The quantitative estimate of drug-likeness (QED) is 0.595. The summed E-state index contributed by atoms with van der Waals surface area (Å²) in [6, 6.07) is 0. The van der Waals surface area contributed by atoms with Crippen molar-refractivity contribution in [3.63, 3.8) is 0 Å². The van der Waals surface area contributed by atoms with Gasteiger partial charge in [-0.3, -0.25) is 4.79 Å². The van der Waals surface area contributed by atoms with Crippen LogP contribution in [0.3, 0.4) is 0 Å². The van der Waals surface area contributed by atoms with E-state index in [9.17, 15) is 4.79 Å². The van der Waals surface area contributed by atoms with Crippen LogP contribution in [0, 0.1) is 5.41 Å². The van der Waals surface area contributed by atoms with Crippen molar-refractivity contribution >= 4 is 5.78 Å². The Labute approximate surface area is 86.0 Å². The molecule has 14 heavy (non-hydrogen) atoms. The molecule has 2 rings (SSSR count). The van der Waals surface area contributed by atoms with Gasteiger partial charge in [0, 0.05) is 12.8 Å². The number of hydrogen-bond acceptors (Lipinski definition) is 2. The number of carbonyl (C=O) groups is 1. The summed E-state index contributed by atoms with van der Waals surface area (Å²) in [7, 11) is 0. The van der Waals surface area contributed by atoms with Gasteiger partial charge in [-0.2, -0.15) is 0 Å². The Balaban J connectivity index is 2.18. The standard InChI is InChI=1S/C12H20O2/c1-10(2)7-12(5-9(13)6-12)8-11(3,4)14-10/h5-8H2,1-4H3. The van der Waals surface area contributed by atoms with Crippen LogP contribution < -0.4 is 0 Å². The molecule has 1 aliphatic heterocycles. The maximum Gasteiger partial charge on any atom is 0.134 e. The van der Waals surface area contributed by atoms with E-state index >= 15 is 0 Å². The number of rotatable bonds is 0. The summed E-state index contributed by atoms with van der Waals surface area (Å²) in [5.41, 5.74) is 0.132. The van der Waals surface area contributed by atoms with E-state index in [4.69, 9.17) is 4.74 Å². The summed E-state index contributed by atoms with van der Waals surface area (Å²) in [4.78, 5) is 11.2. The molecule has 2 aliphatic rings. The molecule has 0 unspecified atom stereocenters. The molecule has 1 saturated heterocycles. The molecule has 2 fully saturated rings. The van der Waals surface area contributed by atoms with Crippen molar-refractivity contribution < 1.29 is 9.53 Å². The van der Waals surface area contributed by atoms with E-state index in [-0.39, 0.29) is 16.6 Å². The molecule has 1 spiro atoms. The van der Waals surface area contributed by atoms with E-state index in [1.807, 2.05) is 0 Å². The Morgan fingerprint density at radius 1 is 1.00 bits per heavy atom. The lowest BCUT2D eigenvalue weighted by atomic mass is 9.57. The average molecular weight is 196 g/mol. The molecule has 0 bridgehead atoms. The third-order valence-electron chi connectivity index (χ3n) is 3.30. The highest BCUT2D eigenvalue weighted by molar-refractivity contribution is 5.86. The molecule has 0 N–H and O–H groups in total. The van der Waals surface area contributed by atoms with Crippen LogP contribution in [-0.2, 0) is 9.53 Å². The summed E-state index contributed by atoms with van der Waals surface area (Å²) in [6.45, 7) is 8.55. The third kappa shape index (κ3) is 1.72. The van der Waals surface area contributed by atoms with Crippen LogP contribution in [0.2, 0.25) is 0 Å². The summed E-state index contributed by atoms with van der Waals surface area (Å²) in [5, 5.41) is 0. The van der Waals surface area contributed by atoms with Crippen molar-refractivity contribution in [1.29, 1.82) is 0 Å². The zero-order valence-corrected chi connectivity index (χ0v) is 9.64. The van der Waals surface area contributed by atoms with Crippen LogP contribution >= 0.6 is 0 Å². The molecule has 80 valence electrons. The maximum atomic E-state index is 11.2. The number of Topliss-reactive ketones (excluding diaryl/α,β-unsaturated/α-hetero) is 1.